The summed E-state index contributed by atoms with van der Waals surface area (Å²) in [6.45, 7) is 0. The Balaban J connectivity index is 1.04. The molecule has 268 valence electrons. The van der Waals surface area contributed by atoms with Gasteiger partial charge in [0.15, 0.2) is 0 Å². The lowest BCUT2D eigenvalue weighted by Gasteiger charge is -2.26. The van der Waals surface area contributed by atoms with Gasteiger partial charge in [-0.2, -0.15) is 0 Å². The molecular formula is C54H36N2S. The van der Waals surface area contributed by atoms with Gasteiger partial charge in [0.05, 0.1) is 11.0 Å². The molecule has 0 N–H and O–H groups in total. The molecule has 0 radical (unpaired) electrons. The van der Waals surface area contributed by atoms with E-state index in [0.717, 1.165) is 17.1 Å². The standard InChI is InChI=1S/C54H36N2S/c1-5-13-37(14-6-1)39-21-27-45(28-22-39)55(43-17-9-3-10-18-43)46-29-23-40(24-30-46)41-25-32-50-48(35-41)47-31-34-52-53(54(47)56(50)44-19-11-4-12-20-44)49-36-42(26-33-51(49)57-52)38-15-7-2-8-16-38/h1-36H. The Morgan fingerprint density at radius 1 is 0.333 bits per heavy atom. The average molecular weight is 745 g/mol. The molecule has 2 nitrogen and oxygen atoms in total. The third kappa shape index (κ3) is 5.80. The van der Waals surface area contributed by atoms with Gasteiger partial charge in [-0.1, -0.05) is 140 Å². The molecule has 0 spiro atoms. The Hall–Kier alpha value is -7.20. The maximum absolute atomic E-state index is 2.47. The summed E-state index contributed by atoms with van der Waals surface area (Å²) in [6, 6.07) is 79.2. The van der Waals surface area contributed by atoms with E-state index in [4.69, 9.17) is 0 Å². The first-order valence-electron chi connectivity index (χ1n) is 19.4. The molecule has 0 aliphatic heterocycles. The summed E-state index contributed by atoms with van der Waals surface area (Å²) in [5.74, 6) is 0. The molecule has 3 heteroatoms. The van der Waals surface area contributed by atoms with Crippen molar-refractivity contribution < 1.29 is 0 Å². The van der Waals surface area contributed by atoms with Gasteiger partial charge in [-0.15, -0.1) is 11.3 Å². The molecule has 9 aromatic carbocycles. The SMILES string of the molecule is c1ccc(-c2ccc(N(c3ccccc3)c3ccc(-c4ccc5c(c4)c4ccc6sc7ccc(-c8ccccc8)cc7c6c4n5-c4ccccc4)cc3)cc2)cc1. The number of hydrogen-bond donors (Lipinski definition) is 0. The van der Waals surface area contributed by atoms with Crippen LogP contribution >= 0.6 is 11.3 Å². The van der Waals surface area contributed by atoms with Crippen molar-refractivity contribution in [1.29, 1.82) is 0 Å². The highest BCUT2D eigenvalue weighted by Gasteiger charge is 2.20. The van der Waals surface area contributed by atoms with E-state index >= 15 is 0 Å². The molecule has 0 aliphatic carbocycles. The topological polar surface area (TPSA) is 8.17 Å². The Kier molecular flexibility index (Phi) is 8.04. The molecular weight excluding hydrogens is 709 g/mol. The maximum Gasteiger partial charge on any atom is 0.0634 e. The fourth-order valence-electron chi connectivity index (χ4n) is 8.46. The van der Waals surface area contributed by atoms with Crippen LogP contribution in [-0.2, 0) is 0 Å². The van der Waals surface area contributed by atoms with E-state index in [0.29, 0.717) is 0 Å². The van der Waals surface area contributed by atoms with Gasteiger partial charge in [0.2, 0.25) is 0 Å². The minimum Gasteiger partial charge on any atom is -0.311 e. The summed E-state index contributed by atoms with van der Waals surface area (Å²) >= 11 is 1.88. The number of anilines is 3. The van der Waals surface area contributed by atoms with Crippen LogP contribution in [-0.4, -0.2) is 4.57 Å². The zero-order valence-electron chi connectivity index (χ0n) is 31.1. The van der Waals surface area contributed by atoms with Gasteiger partial charge in [0.1, 0.15) is 0 Å². The van der Waals surface area contributed by atoms with Gasteiger partial charge in [-0.3, -0.25) is 0 Å². The third-order valence-electron chi connectivity index (χ3n) is 11.2. The number of nitrogens with zero attached hydrogens (tertiary/aromatic N) is 2. The van der Waals surface area contributed by atoms with Crippen LogP contribution in [0.3, 0.4) is 0 Å². The number of benzene rings is 9. The second-order valence-corrected chi connectivity index (χ2v) is 15.6. The number of aromatic nitrogens is 1. The minimum absolute atomic E-state index is 1.11. The zero-order valence-corrected chi connectivity index (χ0v) is 31.9. The van der Waals surface area contributed by atoms with Crippen LogP contribution in [0.1, 0.15) is 0 Å². The number of thiophene rings is 1. The highest BCUT2D eigenvalue weighted by molar-refractivity contribution is 7.26. The smallest absolute Gasteiger partial charge is 0.0634 e. The van der Waals surface area contributed by atoms with Crippen LogP contribution in [0.25, 0.3) is 81.0 Å². The highest BCUT2D eigenvalue weighted by atomic mass is 32.1. The number of fused-ring (bicyclic) bond motifs is 7. The predicted molar refractivity (Wildman–Crippen MR) is 245 cm³/mol. The van der Waals surface area contributed by atoms with Crippen molar-refractivity contribution in [2.75, 3.05) is 4.90 Å². The summed E-state index contributed by atoms with van der Waals surface area (Å²) in [5, 5.41) is 5.13. The molecule has 0 saturated heterocycles. The van der Waals surface area contributed by atoms with Crippen LogP contribution in [0.4, 0.5) is 17.1 Å². The second kappa shape index (κ2) is 13.8. The van der Waals surface area contributed by atoms with E-state index in [1.54, 1.807) is 0 Å². The summed E-state index contributed by atoms with van der Waals surface area (Å²) in [4.78, 5) is 2.33. The number of hydrogen-bond acceptors (Lipinski definition) is 2. The second-order valence-electron chi connectivity index (χ2n) is 14.5. The van der Waals surface area contributed by atoms with E-state index in [1.165, 1.54) is 81.0 Å². The molecule has 57 heavy (non-hydrogen) atoms. The normalized spacial score (nSPS) is 11.5. The van der Waals surface area contributed by atoms with Gasteiger partial charge >= 0.3 is 0 Å². The summed E-state index contributed by atoms with van der Waals surface area (Å²) in [5.41, 5.74) is 14.3. The molecule has 11 rings (SSSR count). The van der Waals surface area contributed by atoms with E-state index < -0.39 is 0 Å². The van der Waals surface area contributed by atoms with Crippen molar-refractivity contribution in [3.8, 4) is 39.1 Å². The summed E-state index contributed by atoms with van der Waals surface area (Å²) in [6.07, 6.45) is 0. The van der Waals surface area contributed by atoms with E-state index in [-0.39, 0.29) is 0 Å². The number of para-hydroxylation sites is 2. The fraction of sp³-hybridized carbons (Fsp3) is 0. The highest BCUT2D eigenvalue weighted by Crippen LogP contribution is 2.45. The Bertz CT molecular complexity index is 3180. The van der Waals surface area contributed by atoms with Crippen LogP contribution in [0.5, 0.6) is 0 Å². The van der Waals surface area contributed by atoms with E-state index in [9.17, 15) is 0 Å². The van der Waals surface area contributed by atoms with Crippen molar-refractivity contribution >= 4 is 70.4 Å². The minimum atomic E-state index is 1.11. The first-order chi connectivity index (χ1) is 28.3. The van der Waals surface area contributed by atoms with Crippen molar-refractivity contribution in [3.05, 3.63) is 218 Å². The fourth-order valence-corrected chi connectivity index (χ4v) is 9.55. The molecule has 0 unspecified atom stereocenters. The molecule has 0 saturated carbocycles. The lowest BCUT2D eigenvalue weighted by Crippen LogP contribution is -2.09. The quantitative estimate of drug-likeness (QED) is 0.158. The van der Waals surface area contributed by atoms with Gasteiger partial charge in [0.25, 0.3) is 0 Å². The molecule has 0 aliphatic rings. The van der Waals surface area contributed by atoms with Crippen LogP contribution in [0.2, 0.25) is 0 Å². The molecule has 11 aromatic rings. The Labute approximate surface area is 335 Å². The Morgan fingerprint density at radius 3 is 1.42 bits per heavy atom. The predicted octanol–water partition coefficient (Wildman–Crippen LogP) is 15.6. The third-order valence-corrected chi connectivity index (χ3v) is 12.3. The molecule has 0 bridgehead atoms. The molecule has 0 atom stereocenters. The van der Waals surface area contributed by atoms with Crippen LogP contribution in [0, 0.1) is 0 Å². The average Bonchev–Trinajstić information content (AvgIpc) is 3.83. The van der Waals surface area contributed by atoms with Crippen molar-refractivity contribution in [3.63, 3.8) is 0 Å². The molecule has 0 amide bonds. The monoisotopic (exact) mass is 744 g/mol. The molecule has 2 aromatic heterocycles. The first kappa shape index (κ1) is 33.2. The van der Waals surface area contributed by atoms with Gasteiger partial charge < -0.3 is 9.47 Å². The van der Waals surface area contributed by atoms with Crippen LogP contribution in [0.15, 0.2) is 218 Å². The summed E-state index contributed by atoms with van der Waals surface area (Å²) < 4.78 is 5.08. The Morgan fingerprint density at radius 2 is 0.789 bits per heavy atom. The van der Waals surface area contributed by atoms with E-state index in [2.05, 4.69) is 228 Å². The first-order valence-corrected chi connectivity index (χ1v) is 20.2. The van der Waals surface area contributed by atoms with Gasteiger partial charge in [0, 0.05) is 53.7 Å². The zero-order chi connectivity index (χ0) is 37.7. The summed E-state index contributed by atoms with van der Waals surface area (Å²) in [7, 11) is 0. The molecule has 0 fully saturated rings. The molecule has 2 heterocycles. The van der Waals surface area contributed by atoms with Crippen LogP contribution < -0.4 is 4.90 Å². The van der Waals surface area contributed by atoms with Crippen molar-refractivity contribution in [1.82, 2.24) is 4.57 Å². The maximum atomic E-state index is 2.47. The van der Waals surface area contributed by atoms with Crippen molar-refractivity contribution in [2.24, 2.45) is 0 Å². The van der Waals surface area contributed by atoms with E-state index in [1.807, 2.05) is 11.3 Å². The van der Waals surface area contributed by atoms with Gasteiger partial charge in [-0.25, -0.2) is 0 Å². The lowest BCUT2D eigenvalue weighted by molar-refractivity contribution is 1.19. The van der Waals surface area contributed by atoms with Gasteiger partial charge in [-0.05, 0) is 112 Å². The largest absolute Gasteiger partial charge is 0.311 e. The number of rotatable bonds is 7. The van der Waals surface area contributed by atoms with Crippen molar-refractivity contribution in [2.45, 2.75) is 0 Å². The lowest BCUT2D eigenvalue weighted by atomic mass is 10.0.